The van der Waals surface area contributed by atoms with Crippen molar-refractivity contribution in [1.82, 2.24) is 9.97 Å². The normalized spacial score (nSPS) is 11.3. The third-order valence-electron chi connectivity index (χ3n) is 13.9. The minimum atomic E-state index is 1.08. The molecule has 0 aliphatic carbocycles. The standard InChI is InChI=1S/C67H69N2/c1-5-9-22-48-32-40-55(41-33-48)59-61(52-26-16-13-17-27-52)66(68-64(59)57-44-36-50(37-45-57)24-11-7-3)63(54-30-20-15-21-31-54)67-62(53-28-18-14-19-29-53)60(56-42-34-49(35-43-56)23-10-6-2)65(69-67)58-46-38-51(39-47-58)25-12-8-4/h13-21,26-47,68-69H,5-12,22-25H2,1-4H3/q+1. The maximum absolute atomic E-state index is 4.26. The van der Waals surface area contributed by atoms with Crippen LogP contribution in [0.3, 0.4) is 0 Å². The van der Waals surface area contributed by atoms with E-state index in [1.165, 1.54) is 129 Å². The molecule has 7 aromatic carbocycles. The second-order valence-corrected chi connectivity index (χ2v) is 18.9. The summed E-state index contributed by atoms with van der Waals surface area (Å²) >= 11 is 0. The zero-order valence-corrected chi connectivity index (χ0v) is 41.4. The largest absolute Gasteiger partial charge is 0.340 e. The van der Waals surface area contributed by atoms with Gasteiger partial charge in [-0.1, -0.05) is 187 Å². The van der Waals surface area contributed by atoms with Crippen molar-refractivity contribution in [3.8, 4) is 67.0 Å². The average Bonchev–Trinajstić information content (AvgIpc) is 4.00. The molecule has 0 amide bonds. The molecule has 9 rings (SSSR count). The molecular formula is C67H69N2+. The van der Waals surface area contributed by atoms with Crippen LogP contribution < -0.4 is 0 Å². The summed E-state index contributed by atoms with van der Waals surface area (Å²) in [5, 5.41) is 0. The van der Waals surface area contributed by atoms with Crippen molar-refractivity contribution in [3.63, 3.8) is 0 Å². The molecule has 346 valence electrons. The van der Waals surface area contributed by atoms with Crippen LogP contribution in [-0.2, 0) is 25.7 Å². The van der Waals surface area contributed by atoms with Crippen LogP contribution in [0.4, 0.5) is 0 Å². The first-order chi connectivity index (χ1) is 34.1. The van der Waals surface area contributed by atoms with Gasteiger partial charge in [-0.25, -0.2) is 0 Å². The molecule has 2 aromatic heterocycles. The fourth-order valence-electron chi connectivity index (χ4n) is 10.1. The van der Waals surface area contributed by atoms with Crippen LogP contribution in [0.15, 0.2) is 188 Å². The van der Waals surface area contributed by atoms with Gasteiger partial charge in [0.25, 0.3) is 0 Å². The van der Waals surface area contributed by atoms with Gasteiger partial charge < -0.3 is 9.97 Å². The Kier molecular flexibility index (Phi) is 15.6. The van der Waals surface area contributed by atoms with Gasteiger partial charge in [0.05, 0.1) is 28.1 Å². The molecule has 0 bridgehead atoms. The Morgan fingerprint density at radius 1 is 0.290 bits per heavy atom. The number of aromatic amines is 2. The van der Waals surface area contributed by atoms with Crippen LogP contribution >= 0.6 is 0 Å². The first-order valence-electron chi connectivity index (χ1n) is 26.0. The number of aryl methyl sites for hydroxylation is 4. The average molecular weight is 902 g/mol. The lowest BCUT2D eigenvalue weighted by Crippen LogP contribution is -2.09. The number of unbranched alkanes of at least 4 members (excludes halogenated alkanes) is 4. The Labute approximate surface area is 413 Å². The number of hydrogen-bond donors (Lipinski definition) is 2. The summed E-state index contributed by atoms with van der Waals surface area (Å²) in [6.07, 6.45) is 13.8. The van der Waals surface area contributed by atoms with Crippen LogP contribution in [0.2, 0.25) is 0 Å². The molecule has 0 atom stereocenters. The summed E-state index contributed by atoms with van der Waals surface area (Å²) < 4.78 is 0. The van der Waals surface area contributed by atoms with Crippen LogP contribution in [0, 0.1) is 5.92 Å². The summed E-state index contributed by atoms with van der Waals surface area (Å²) in [6, 6.07) is 70.8. The van der Waals surface area contributed by atoms with Crippen molar-refractivity contribution in [2.75, 3.05) is 0 Å². The topological polar surface area (TPSA) is 31.6 Å². The first-order valence-corrected chi connectivity index (χ1v) is 26.0. The highest BCUT2D eigenvalue weighted by Gasteiger charge is 2.38. The third-order valence-corrected chi connectivity index (χ3v) is 13.9. The van der Waals surface area contributed by atoms with Gasteiger partial charge in [-0.3, -0.25) is 0 Å². The Morgan fingerprint density at radius 3 is 0.870 bits per heavy atom. The zero-order chi connectivity index (χ0) is 47.4. The van der Waals surface area contributed by atoms with Gasteiger partial charge >= 0.3 is 0 Å². The monoisotopic (exact) mass is 902 g/mol. The van der Waals surface area contributed by atoms with E-state index in [0.717, 1.165) is 59.9 Å². The molecule has 2 N–H and O–H groups in total. The summed E-state index contributed by atoms with van der Waals surface area (Å²) in [7, 11) is 0. The Balaban J connectivity index is 1.37. The van der Waals surface area contributed by atoms with Crippen molar-refractivity contribution in [2.45, 2.75) is 105 Å². The summed E-state index contributed by atoms with van der Waals surface area (Å²) in [4.78, 5) is 8.51. The molecule has 0 spiro atoms. The van der Waals surface area contributed by atoms with Gasteiger partial charge in [0, 0.05) is 34.4 Å². The van der Waals surface area contributed by atoms with Gasteiger partial charge in [0.2, 0.25) is 0 Å². The summed E-state index contributed by atoms with van der Waals surface area (Å²) in [6.45, 7) is 9.09. The molecule has 0 aliphatic rings. The third kappa shape index (κ3) is 10.7. The number of hydrogen-bond acceptors (Lipinski definition) is 0. The highest BCUT2D eigenvalue weighted by Crippen LogP contribution is 2.52. The lowest BCUT2D eigenvalue weighted by molar-refractivity contribution is 0.795. The molecule has 2 heteroatoms. The molecule has 0 unspecified atom stereocenters. The van der Waals surface area contributed by atoms with Crippen LogP contribution in [0.25, 0.3) is 67.0 Å². The Bertz CT molecular complexity index is 2780. The maximum atomic E-state index is 4.26. The number of benzene rings is 7. The smallest absolute Gasteiger partial charge is 0.126 e. The second kappa shape index (κ2) is 22.8. The van der Waals surface area contributed by atoms with E-state index in [1.54, 1.807) is 0 Å². The van der Waals surface area contributed by atoms with Crippen molar-refractivity contribution < 1.29 is 0 Å². The Hall–Kier alpha value is -7.03. The van der Waals surface area contributed by atoms with Crippen LogP contribution in [0.1, 0.15) is 118 Å². The fraction of sp³-hybridized carbons (Fsp3) is 0.239. The number of rotatable bonds is 21. The minimum absolute atomic E-state index is 1.08. The molecule has 0 fully saturated rings. The Morgan fingerprint density at radius 2 is 0.565 bits per heavy atom. The molecule has 2 nitrogen and oxygen atoms in total. The van der Waals surface area contributed by atoms with Crippen molar-refractivity contribution in [3.05, 3.63) is 233 Å². The molecule has 2 heterocycles. The van der Waals surface area contributed by atoms with E-state index >= 15 is 0 Å². The number of H-pyrrole nitrogens is 2. The predicted octanol–water partition coefficient (Wildman–Crippen LogP) is 18.7. The van der Waals surface area contributed by atoms with E-state index in [0.29, 0.717) is 0 Å². The van der Waals surface area contributed by atoms with Gasteiger partial charge in [0.15, 0.2) is 0 Å². The van der Waals surface area contributed by atoms with Crippen molar-refractivity contribution in [1.29, 1.82) is 0 Å². The molecule has 69 heavy (non-hydrogen) atoms. The first kappa shape index (κ1) is 47.1. The lowest BCUT2D eigenvalue weighted by Gasteiger charge is -2.15. The molecule has 9 aromatic rings. The maximum Gasteiger partial charge on any atom is 0.126 e. The highest BCUT2D eigenvalue weighted by atomic mass is 14.8. The SMILES string of the molecule is CCCCc1ccc(-c2[nH]c([C+](c3ccccc3)c3[nH]c(-c4ccc(CCCC)cc4)c(-c4ccc(CCCC)cc4)c3-c3ccccc3)c(-c3ccccc3)c2-c2ccc(CCCC)cc2)cc1. The minimum Gasteiger partial charge on any atom is -0.340 e. The van der Waals surface area contributed by atoms with Gasteiger partial charge in [-0.05, 0) is 138 Å². The fourth-order valence-corrected chi connectivity index (χ4v) is 10.1. The van der Waals surface area contributed by atoms with E-state index in [1.807, 2.05) is 0 Å². The van der Waals surface area contributed by atoms with Crippen molar-refractivity contribution >= 4 is 0 Å². The quantitative estimate of drug-likeness (QED) is 0.0674. The lowest BCUT2D eigenvalue weighted by atomic mass is 9.82. The highest BCUT2D eigenvalue weighted by molar-refractivity contribution is 6.01. The second-order valence-electron chi connectivity index (χ2n) is 18.9. The number of aromatic nitrogens is 2. The van der Waals surface area contributed by atoms with Crippen LogP contribution in [-0.4, -0.2) is 9.97 Å². The molecule has 0 saturated heterocycles. The van der Waals surface area contributed by atoms with E-state index in [-0.39, 0.29) is 0 Å². The van der Waals surface area contributed by atoms with Crippen molar-refractivity contribution in [2.24, 2.45) is 0 Å². The van der Waals surface area contributed by atoms with Gasteiger partial charge in [-0.15, -0.1) is 0 Å². The van der Waals surface area contributed by atoms with E-state index in [4.69, 9.17) is 0 Å². The van der Waals surface area contributed by atoms with Gasteiger partial charge in [0.1, 0.15) is 17.3 Å². The number of nitrogens with one attached hydrogen (secondary N) is 2. The predicted molar refractivity (Wildman–Crippen MR) is 296 cm³/mol. The summed E-state index contributed by atoms with van der Waals surface area (Å²) in [5.41, 5.74) is 23.0. The van der Waals surface area contributed by atoms with E-state index in [2.05, 4.69) is 226 Å². The van der Waals surface area contributed by atoms with Gasteiger partial charge in [-0.2, -0.15) is 0 Å². The molecular weight excluding hydrogens is 833 g/mol. The molecule has 0 saturated carbocycles. The van der Waals surface area contributed by atoms with Crippen LogP contribution in [0.5, 0.6) is 0 Å². The van der Waals surface area contributed by atoms with E-state index < -0.39 is 0 Å². The zero-order valence-electron chi connectivity index (χ0n) is 41.4. The molecule has 0 radical (unpaired) electrons. The summed E-state index contributed by atoms with van der Waals surface area (Å²) in [5.74, 6) is 1.13. The molecule has 0 aliphatic heterocycles. The van der Waals surface area contributed by atoms with E-state index in [9.17, 15) is 0 Å².